The van der Waals surface area contributed by atoms with Crippen LogP contribution in [0.3, 0.4) is 0 Å². The van der Waals surface area contributed by atoms with E-state index in [1.54, 1.807) is 0 Å². The van der Waals surface area contributed by atoms with Gasteiger partial charge in [0.15, 0.2) is 0 Å². The Morgan fingerprint density at radius 1 is 0.538 bits per heavy atom. The fraction of sp³-hybridized carbons (Fsp3) is 1.00. The van der Waals surface area contributed by atoms with Crippen LogP contribution < -0.4 is 0 Å². The summed E-state index contributed by atoms with van der Waals surface area (Å²) >= 11 is 0. The second-order valence-electron chi connectivity index (χ2n) is 8.32. The van der Waals surface area contributed by atoms with Gasteiger partial charge in [-0.05, 0) is 19.3 Å². The van der Waals surface area contributed by atoms with Crippen LogP contribution in [0.4, 0.5) is 0 Å². The Kier molecular flexibility index (Phi) is 22.9. The van der Waals surface area contributed by atoms with Crippen molar-refractivity contribution in [2.75, 3.05) is 6.61 Å². The number of aliphatic hydroxyl groups is 2. The zero-order chi connectivity index (χ0) is 19.1. The van der Waals surface area contributed by atoms with Crippen LogP contribution in [-0.4, -0.2) is 22.9 Å². The van der Waals surface area contributed by atoms with Gasteiger partial charge in [-0.25, -0.2) is 0 Å². The molecule has 1 aliphatic rings. The van der Waals surface area contributed by atoms with Gasteiger partial charge < -0.3 is 10.2 Å². The van der Waals surface area contributed by atoms with E-state index in [-0.39, 0.29) is 6.10 Å². The normalized spacial score (nSPS) is 14.9. The van der Waals surface area contributed by atoms with Gasteiger partial charge in [-0.3, -0.25) is 0 Å². The van der Waals surface area contributed by atoms with Gasteiger partial charge in [-0.15, -0.1) is 0 Å². The molecule has 2 N–H and O–H groups in total. The Labute approximate surface area is 165 Å². The molecule has 0 heterocycles. The maximum Gasteiger partial charge on any atom is 0.0540 e. The first-order valence-electron chi connectivity index (χ1n) is 12.1. The first-order valence-corrected chi connectivity index (χ1v) is 12.1. The fourth-order valence-electron chi connectivity index (χ4n) is 3.74. The van der Waals surface area contributed by atoms with Crippen molar-refractivity contribution in [1.29, 1.82) is 0 Å². The Bertz CT molecular complexity index is 220. The second kappa shape index (κ2) is 23.0. The maximum absolute atomic E-state index is 8.91. The lowest BCUT2D eigenvalue weighted by atomic mass is 9.98. The van der Waals surface area contributed by atoms with Crippen molar-refractivity contribution in [2.24, 2.45) is 0 Å². The van der Waals surface area contributed by atoms with Gasteiger partial charge in [0.05, 0.1) is 6.10 Å². The number of hydrogen-bond donors (Lipinski definition) is 2. The average molecular weight is 371 g/mol. The van der Waals surface area contributed by atoms with Gasteiger partial charge in [0.2, 0.25) is 0 Å². The highest BCUT2D eigenvalue weighted by Gasteiger charge is 2.07. The quantitative estimate of drug-likeness (QED) is 0.275. The summed E-state index contributed by atoms with van der Waals surface area (Å²) in [6.45, 7) is 2.66. The predicted octanol–water partition coefficient (Wildman–Crippen LogP) is 7.55. The topological polar surface area (TPSA) is 40.5 Å². The van der Waals surface area contributed by atoms with Crippen molar-refractivity contribution in [3.8, 4) is 0 Å². The molecule has 0 atom stereocenters. The lowest BCUT2D eigenvalue weighted by Crippen LogP contribution is -2.09. The van der Waals surface area contributed by atoms with E-state index in [0.29, 0.717) is 6.61 Å². The zero-order valence-electron chi connectivity index (χ0n) is 18.0. The van der Waals surface area contributed by atoms with Gasteiger partial charge in [0.25, 0.3) is 0 Å². The summed E-state index contributed by atoms with van der Waals surface area (Å²) < 4.78 is 0. The smallest absolute Gasteiger partial charge is 0.0540 e. The van der Waals surface area contributed by atoms with Crippen molar-refractivity contribution in [3.05, 3.63) is 0 Å². The van der Waals surface area contributed by atoms with Crippen molar-refractivity contribution >= 4 is 0 Å². The minimum atomic E-state index is 0.0359. The summed E-state index contributed by atoms with van der Waals surface area (Å²) in [6, 6.07) is 0. The molecule has 0 aromatic rings. The molecule has 2 heteroatoms. The molecule has 0 radical (unpaired) electrons. The monoisotopic (exact) mass is 370 g/mol. The third kappa shape index (κ3) is 22.0. The molecule has 1 rings (SSSR count). The van der Waals surface area contributed by atoms with Gasteiger partial charge in [0, 0.05) is 6.61 Å². The Hall–Kier alpha value is -0.0800. The first-order chi connectivity index (χ1) is 12.8. The largest absolute Gasteiger partial charge is 0.396 e. The molecule has 0 bridgehead atoms. The first kappa shape index (κ1) is 25.9. The Morgan fingerprint density at radius 2 is 0.885 bits per heavy atom. The molecule has 0 aromatic heterocycles. The fourth-order valence-corrected chi connectivity index (χ4v) is 3.74. The molecule has 2 nitrogen and oxygen atoms in total. The number of aliphatic hydroxyl groups excluding tert-OH is 2. The summed E-state index contributed by atoms with van der Waals surface area (Å²) in [5.74, 6) is 0. The third-order valence-electron chi connectivity index (χ3n) is 5.59. The van der Waals surface area contributed by atoms with E-state index in [1.165, 1.54) is 116 Å². The molecule has 1 aliphatic carbocycles. The van der Waals surface area contributed by atoms with E-state index >= 15 is 0 Å². The van der Waals surface area contributed by atoms with Crippen LogP contribution in [-0.2, 0) is 0 Å². The summed E-state index contributed by atoms with van der Waals surface area (Å²) in [4.78, 5) is 0. The van der Waals surface area contributed by atoms with Crippen LogP contribution in [0.15, 0.2) is 0 Å². The highest BCUT2D eigenvalue weighted by molar-refractivity contribution is 4.61. The number of unbranched alkanes of at least 4 members (excludes halogenated alkanes) is 15. The van der Waals surface area contributed by atoms with Crippen LogP contribution in [0, 0.1) is 0 Å². The summed E-state index contributed by atoms with van der Waals surface area (Å²) in [5.41, 5.74) is 0. The van der Waals surface area contributed by atoms with Crippen molar-refractivity contribution in [1.82, 2.24) is 0 Å². The highest BCUT2D eigenvalue weighted by Crippen LogP contribution is 2.16. The van der Waals surface area contributed by atoms with Gasteiger partial charge in [0.1, 0.15) is 0 Å². The second-order valence-corrected chi connectivity index (χ2v) is 8.32. The third-order valence-corrected chi connectivity index (χ3v) is 5.59. The van der Waals surface area contributed by atoms with E-state index in [0.717, 1.165) is 19.3 Å². The molecule has 0 saturated heterocycles. The van der Waals surface area contributed by atoms with Crippen LogP contribution in [0.25, 0.3) is 0 Å². The minimum absolute atomic E-state index is 0.0359. The zero-order valence-corrected chi connectivity index (χ0v) is 18.0. The van der Waals surface area contributed by atoms with Gasteiger partial charge in [-0.1, -0.05) is 122 Å². The Morgan fingerprint density at radius 3 is 1.15 bits per heavy atom. The van der Waals surface area contributed by atoms with Crippen molar-refractivity contribution in [3.63, 3.8) is 0 Å². The van der Waals surface area contributed by atoms with E-state index < -0.39 is 0 Å². The molecule has 26 heavy (non-hydrogen) atoms. The SMILES string of the molecule is CCCCCCCCCCCCCCCCCCO.OC1CCCCC1. The highest BCUT2D eigenvalue weighted by atomic mass is 16.3. The average Bonchev–Trinajstić information content (AvgIpc) is 2.66. The summed E-state index contributed by atoms with van der Waals surface area (Å²) in [6.07, 6.45) is 28.1. The number of rotatable bonds is 16. The summed E-state index contributed by atoms with van der Waals surface area (Å²) in [5, 5.41) is 17.6. The van der Waals surface area contributed by atoms with Crippen LogP contribution in [0.5, 0.6) is 0 Å². The van der Waals surface area contributed by atoms with Crippen molar-refractivity contribution < 1.29 is 10.2 Å². The molecule has 1 saturated carbocycles. The van der Waals surface area contributed by atoms with Crippen LogP contribution in [0.1, 0.15) is 142 Å². The van der Waals surface area contributed by atoms with E-state index in [9.17, 15) is 0 Å². The Balaban J connectivity index is 0.000000735. The molecular formula is C24H50O2. The standard InChI is InChI=1S/C18H38O.C6H12O/c1-2-3-4-5-6-7-8-9-10-11-12-13-14-15-16-17-18-19;7-6-4-2-1-3-5-6/h19H,2-18H2,1H3;6-7H,1-5H2. The van der Waals surface area contributed by atoms with Crippen LogP contribution in [0.2, 0.25) is 0 Å². The van der Waals surface area contributed by atoms with Gasteiger partial charge >= 0.3 is 0 Å². The van der Waals surface area contributed by atoms with E-state index in [4.69, 9.17) is 10.2 Å². The molecule has 1 fully saturated rings. The minimum Gasteiger partial charge on any atom is -0.396 e. The van der Waals surface area contributed by atoms with Crippen molar-refractivity contribution in [2.45, 2.75) is 148 Å². The lowest BCUT2D eigenvalue weighted by Gasteiger charge is -2.14. The lowest BCUT2D eigenvalue weighted by molar-refractivity contribution is 0.130. The molecule has 0 amide bonds. The van der Waals surface area contributed by atoms with E-state index in [2.05, 4.69) is 6.92 Å². The predicted molar refractivity (Wildman–Crippen MR) is 116 cm³/mol. The number of hydrogen-bond acceptors (Lipinski definition) is 2. The van der Waals surface area contributed by atoms with Crippen LogP contribution >= 0.6 is 0 Å². The molecule has 0 aromatic carbocycles. The maximum atomic E-state index is 8.91. The van der Waals surface area contributed by atoms with Gasteiger partial charge in [-0.2, -0.15) is 0 Å². The molecule has 0 unspecified atom stereocenters. The molecule has 0 aliphatic heterocycles. The summed E-state index contributed by atoms with van der Waals surface area (Å²) in [7, 11) is 0. The molecule has 0 spiro atoms. The van der Waals surface area contributed by atoms with E-state index in [1.807, 2.05) is 0 Å². The molecular weight excluding hydrogens is 320 g/mol. The molecule has 158 valence electrons.